The molecule has 0 aliphatic rings. The molecule has 0 fully saturated rings. The quantitative estimate of drug-likeness (QED) is 0.814. The number of benzene rings is 1. The SMILES string of the molecule is COc1cccc2ncn(C(C)N)c(=O)c12. The molecule has 16 heavy (non-hydrogen) atoms. The van der Waals surface area contributed by atoms with Crippen molar-refractivity contribution < 1.29 is 4.74 Å². The maximum Gasteiger partial charge on any atom is 0.266 e. The first kappa shape index (κ1) is 10.6. The van der Waals surface area contributed by atoms with Crippen LogP contribution in [0.4, 0.5) is 0 Å². The number of nitrogens with zero attached hydrogens (tertiary/aromatic N) is 2. The lowest BCUT2D eigenvalue weighted by molar-refractivity contribution is 0.418. The fourth-order valence-corrected chi connectivity index (χ4v) is 1.61. The topological polar surface area (TPSA) is 70.1 Å². The molecule has 0 aliphatic heterocycles. The van der Waals surface area contributed by atoms with E-state index in [4.69, 9.17) is 10.5 Å². The summed E-state index contributed by atoms with van der Waals surface area (Å²) < 4.78 is 6.53. The normalized spacial score (nSPS) is 12.7. The molecule has 1 unspecified atom stereocenters. The van der Waals surface area contributed by atoms with E-state index >= 15 is 0 Å². The highest BCUT2D eigenvalue weighted by molar-refractivity contribution is 5.83. The van der Waals surface area contributed by atoms with Crippen molar-refractivity contribution in [3.05, 3.63) is 34.9 Å². The van der Waals surface area contributed by atoms with Crippen molar-refractivity contribution in [2.45, 2.75) is 13.1 Å². The van der Waals surface area contributed by atoms with Crippen molar-refractivity contribution in [2.24, 2.45) is 5.73 Å². The lowest BCUT2D eigenvalue weighted by atomic mass is 10.2. The Labute approximate surface area is 92.5 Å². The smallest absolute Gasteiger partial charge is 0.266 e. The monoisotopic (exact) mass is 219 g/mol. The minimum atomic E-state index is -0.408. The van der Waals surface area contributed by atoms with Crippen LogP contribution in [0.15, 0.2) is 29.3 Å². The highest BCUT2D eigenvalue weighted by Crippen LogP contribution is 2.19. The second kappa shape index (κ2) is 3.94. The molecule has 1 heterocycles. The van der Waals surface area contributed by atoms with Crippen LogP contribution in [0.2, 0.25) is 0 Å². The summed E-state index contributed by atoms with van der Waals surface area (Å²) >= 11 is 0. The van der Waals surface area contributed by atoms with Crippen LogP contribution in [0, 0.1) is 0 Å². The van der Waals surface area contributed by atoms with E-state index in [1.54, 1.807) is 25.1 Å². The maximum atomic E-state index is 12.1. The Hall–Kier alpha value is -1.88. The van der Waals surface area contributed by atoms with Crippen LogP contribution in [0.1, 0.15) is 13.1 Å². The van der Waals surface area contributed by atoms with Gasteiger partial charge in [0, 0.05) is 0 Å². The van der Waals surface area contributed by atoms with Crippen LogP contribution in [0.5, 0.6) is 5.75 Å². The van der Waals surface area contributed by atoms with Gasteiger partial charge in [0.2, 0.25) is 0 Å². The van der Waals surface area contributed by atoms with Gasteiger partial charge in [-0.15, -0.1) is 0 Å². The zero-order valence-electron chi connectivity index (χ0n) is 9.18. The molecule has 0 saturated carbocycles. The number of rotatable bonds is 2. The molecular formula is C11H13N3O2. The van der Waals surface area contributed by atoms with Crippen LogP contribution in [0.25, 0.3) is 10.9 Å². The largest absolute Gasteiger partial charge is 0.496 e. The van der Waals surface area contributed by atoms with E-state index in [-0.39, 0.29) is 5.56 Å². The molecule has 5 nitrogen and oxygen atoms in total. The molecule has 84 valence electrons. The Morgan fingerprint density at radius 2 is 2.25 bits per heavy atom. The minimum Gasteiger partial charge on any atom is -0.496 e. The summed E-state index contributed by atoms with van der Waals surface area (Å²) in [5.41, 5.74) is 6.11. The van der Waals surface area contributed by atoms with Gasteiger partial charge < -0.3 is 10.5 Å². The van der Waals surface area contributed by atoms with Crippen LogP contribution in [0.3, 0.4) is 0 Å². The zero-order valence-corrected chi connectivity index (χ0v) is 9.18. The fraction of sp³-hybridized carbons (Fsp3) is 0.273. The number of hydrogen-bond donors (Lipinski definition) is 1. The van der Waals surface area contributed by atoms with Crippen LogP contribution < -0.4 is 16.0 Å². The number of methoxy groups -OCH3 is 1. The number of nitrogens with two attached hydrogens (primary N) is 1. The van der Waals surface area contributed by atoms with E-state index in [1.807, 2.05) is 0 Å². The summed E-state index contributed by atoms with van der Waals surface area (Å²) in [7, 11) is 1.53. The van der Waals surface area contributed by atoms with Gasteiger partial charge in [0.25, 0.3) is 5.56 Å². The molecule has 2 rings (SSSR count). The molecular weight excluding hydrogens is 206 g/mol. The first-order chi connectivity index (χ1) is 7.65. The van der Waals surface area contributed by atoms with Crippen LogP contribution in [-0.2, 0) is 0 Å². The molecule has 0 spiro atoms. The maximum absolute atomic E-state index is 12.1. The molecule has 1 aromatic carbocycles. The van der Waals surface area contributed by atoms with E-state index in [2.05, 4.69) is 4.98 Å². The standard InChI is InChI=1S/C11H13N3O2/c1-7(12)14-6-13-8-4-3-5-9(16-2)10(8)11(14)15/h3-7H,12H2,1-2H3. The summed E-state index contributed by atoms with van der Waals surface area (Å²) in [5.74, 6) is 0.519. The molecule has 0 bridgehead atoms. The second-order valence-electron chi connectivity index (χ2n) is 3.55. The van der Waals surface area contributed by atoms with E-state index < -0.39 is 6.17 Å². The number of hydrogen-bond acceptors (Lipinski definition) is 4. The molecule has 1 aromatic heterocycles. The summed E-state index contributed by atoms with van der Waals surface area (Å²) in [5, 5.41) is 0.463. The predicted molar refractivity (Wildman–Crippen MR) is 61.5 cm³/mol. The molecule has 0 radical (unpaired) electrons. The summed E-state index contributed by atoms with van der Waals surface area (Å²) in [6.45, 7) is 1.73. The van der Waals surface area contributed by atoms with E-state index in [9.17, 15) is 4.79 Å². The van der Waals surface area contributed by atoms with Gasteiger partial charge in [0.1, 0.15) is 11.1 Å². The molecule has 0 aliphatic carbocycles. The first-order valence-electron chi connectivity index (χ1n) is 4.94. The number of ether oxygens (including phenoxy) is 1. The average molecular weight is 219 g/mol. The highest BCUT2D eigenvalue weighted by atomic mass is 16.5. The fourth-order valence-electron chi connectivity index (χ4n) is 1.61. The Morgan fingerprint density at radius 3 is 2.88 bits per heavy atom. The number of aromatic nitrogens is 2. The molecule has 2 aromatic rings. The molecule has 0 saturated heterocycles. The van der Waals surface area contributed by atoms with E-state index in [1.165, 1.54) is 18.0 Å². The highest BCUT2D eigenvalue weighted by Gasteiger charge is 2.10. The summed E-state index contributed by atoms with van der Waals surface area (Å²) in [4.78, 5) is 16.3. The van der Waals surface area contributed by atoms with Gasteiger partial charge in [-0.3, -0.25) is 9.36 Å². The van der Waals surface area contributed by atoms with Crippen molar-refractivity contribution in [1.29, 1.82) is 0 Å². The summed E-state index contributed by atoms with van der Waals surface area (Å²) in [6.07, 6.45) is 1.05. The van der Waals surface area contributed by atoms with Crippen molar-refractivity contribution in [3.63, 3.8) is 0 Å². The lowest BCUT2D eigenvalue weighted by Gasteiger charge is -2.11. The second-order valence-corrected chi connectivity index (χ2v) is 3.55. The Kier molecular flexibility index (Phi) is 2.62. The Bertz CT molecular complexity index is 575. The zero-order chi connectivity index (χ0) is 11.7. The van der Waals surface area contributed by atoms with Crippen LogP contribution >= 0.6 is 0 Å². The van der Waals surface area contributed by atoms with Gasteiger partial charge >= 0.3 is 0 Å². The lowest BCUT2D eigenvalue weighted by Crippen LogP contribution is -2.28. The third kappa shape index (κ3) is 1.55. The van der Waals surface area contributed by atoms with Gasteiger partial charge in [0.05, 0.1) is 25.1 Å². The Balaban J connectivity index is 2.86. The first-order valence-corrected chi connectivity index (χ1v) is 4.94. The van der Waals surface area contributed by atoms with Gasteiger partial charge in [0.15, 0.2) is 0 Å². The van der Waals surface area contributed by atoms with Gasteiger partial charge in [-0.2, -0.15) is 0 Å². The Morgan fingerprint density at radius 1 is 1.50 bits per heavy atom. The van der Waals surface area contributed by atoms with Crippen molar-refractivity contribution in [3.8, 4) is 5.75 Å². The van der Waals surface area contributed by atoms with Gasteiger partial charge in [-0.25, -0.2) is 4.98 Å². The number of fused-ring (bicyclic) bond motifs is 1. The molecule has 2 N–H and O–H groups in total. The van der Waals surface area contributed by atoms with Gasteiger partial charge in [-0.1, -0.05) is 6.07 Å². The van der Waals surface area contributed by atoms with Crippen molar-refractivity contribution >= 4 is 10.9 Å². The molecule has 1 atom stereocenters. The molecule has 5 heteroatoms. The van der Waals surface area contributed by atoms with Crippen molar-refractivity contribution in [2.75, 3.05) is 7.11 Å². The van der Waals surface area contributed by atoms with Crippen LogP contribution in [-0.4, -0.2) is 16.7 Å². The third-order valence-corrected chi connectivity index (χ3v) is 2.43. The minimum absolute atomic E-state index is 0.183. The van der Waals surface area contributed by atoms with E-state index in [0.29, 0.717) is 16.7 Å². The molecule has 0 amide bonds. The summed E-state index contributed by atoms with van der Waals surface area (Å²) in [6, 6.07) is 5.30. The van der Waals surface area contributed by atoms with Gasteiger partial charge in [-0.05, 0) is 19.1 Å². The van der Waals surface area contributed by atoms with E-state index in [0.717, 1.165) is 0 Å². The average Bonchev–Trinajstić information content (AvgIpc) is 2.28. The van der Waals surface area contributed by atoms with Crippen molar-refractivity contribution in [1.82, 2.24) is 9.55 Å². The third-order valence-electron chi connectivity index (χ3n) is 2.43. The predicted octanol–water partition coefficient (Wildman–Crippen LogP) is 0.882.